The van der Waals surface area contributed by atoms with Crippen LogP contribution in [0.3, 0.4) is 0 Å². The summed E-state index contributed by atoms with van der Waals surface area (Å²) in [7, 11) is 0. The number of anilines is 1. The van der Waals surface area contributed by atoms with Crippen molar-refractivity contribution in [2.45, 2.75) is 25.8 Å². The molecule has 1 aromatic rings. The summed E-state index contributed by atoms with van der Waals surface area (Å²) in [4.78, 5) is 13.2. The summed E-state index contributed by atoms with van der Waals surface area (Å²) in [6.45, 7) is 5.60. The fourth-order valence-electron chi connectivity index (χ4n) is 2.34. The Morgan fingerprint density at radius 2 is 1.94 bits per heavy atom. The van der Waals surface area contributed by atoms with Crippen molar-refractivity contribution in [1.82, 2.24) is 4.90 Å². The quantitative estimate of drug-likeness (QED) is 0.858. The predicted octanol–water partition coefficient (Wildman–Crippen LogP) is 2.28. The lowest BCUT2D eigenvalue weighted by Crippen LogP contribution is -2.38. The van der Waals surface area contributed by atoms with Crippen molar-refractivity contribution in [2.75, 3.05) is 25.0 Å². The largest absolute Gasteiger partial charge is 0.478 e. The summed E-state index contributed by atoms with van der Waals surface area (Å²) in [6.07, 6.45) is 2.29. The molecule has 0 aromatic heterocycles. The summed E-state index contributed by atoms with van der Waals surface area (Å²) >= 11 is 0. The van der Waals surface area contributed by atoms with Gasteiger partial charge < -0.3 is 15.3 Å². The lowest BCUT2D eigenvalue weighted by Gasteiger charge is -2.32. The first-order valence-corrected chi connectivity index (χ1v) is 6.51. The molecule has 0 aliphatic carbocycles. The van der Waals surface area contributed by atoms with Gasteiger partial charge in [0.1, 0.15) is 0 Å². The maximum Gasteiger partial charge on any atom is 0.335 e. The SMILES string of the molecule is CCN1CCC(Nc2ccc(C(=O)O)cc2)CC1. The van der Waals surface area contributed by atoms with Gasteiger partial charge in [-0.25, -0.2) is 4.79 Å². The Kier molecular flexibility index (Phi) is 4.20. The van der Waals surface area contributed by atoms with E-state index in [2.05, 4.69) is 17.1 Å². The average molecular weight is 248 g/mol. The van der Waals surface area contributed by atoms with E-state index in [9.17, 15) is 4.79 Å². The number of hydrogen-bond donors (Lipinski definition) is 2. The molecule has 1 heterocycles. The van der Waals surface area contributed by atoms with Crippen molar-refractivity contribution in [1.29, 1.82) is 0 Å². The van der Waals surface area contributed by atoms with Crippen LogP contribution in [0.1, 0.15) is 30.1 Å². The minimum Gasteiger partial charge on any atom is -0.478 e. The average Bonchev–Trinajstić information content (AvgIpc) is 2.40. The van der Waals surface area contributed by atoms with Crippen molar-refractivity contribution in [2.24, 2.45) is 0 Å². The molecule has 1 saturated heterocycles. The fourth-order valence-corrected chi connectivity index (χ4v) is 2.34. The number of carbonyl (C=O) groups is 1. The molecule has 0 amide bonds. The lowest BCUT2D eigenvalue weighted by atomic mass is 10.0. The second kappa shape index (κ2) is 5.87. The number of nitrogens with zero attached hydrogens (tertiary/aromatic N) is 1. The standard InChI is InChI=1S/C14H20N2O2/c1-2-16-9-7-13(8-10-16)15-12-5-3-11(4-6-12)14(17)18/h3-6,13,15H,2,7-10H2,1H3,(H,17,18). The number of likely N-dealkylation sites (tertiary alicyclic amines) is 1. The first-order chi connectivity index (χ1) is 8.69. The van der Waals surface area contributed by atoms with E-state index in [1.807, 2.05) is 12.1 Å². The Balaban J connectivity index is 1.88. The van der Waals surface area contributed by atoms with Crippen molar-refractivity contribution >= 4 is 11.7 Å². The summed E-state index contributed by atoms with van der Waals surface area (Å²) in [5.74, 6) is -0.877. The molecule has 4 nitrogen and oxygen atoms in total. The van der Waals surface area contributed by atoms with Gasteiger partial charge in [0.25, 0.3) is 0 Å². The minimum absolute atomic E-state index is 0.335. The van der Waals surface area contributed by atoms with Crippen LogP contribution in [0.4, 0.5) is 5.69 Å². The highest BCUT2D eigenvalue weighted by Gasteiger charge is 2.17. The van der Waals surface area contributed by atoms with Crippen LogP contribution in [0, 0.1) is 0 Å². The molecular formula is C14H20N2O2. The van der Waals surface area contributed by atoms with Crippen LogP contribution < -0.4 is 5.32 Å². The molecule has 2 rings (SSSR count). The Bertz CT molecular complexity index is 395. The van der Waals surface area contributed by atoms with Crippen LogP contribution in [0.5, 0.6) is 0 Å². The zero-order chi connectivity index (χ0) is 13.0. The van der Waals surface area contributed by atoms with E-state index in [0.717, 1.165) is 38.2 Å². The van der Waals surface area contributed by atoms with Crippen molar-refractivity contribution in [3.05, 3.63) is 29.8 Å². The summed E-state index contributed by atoms with van der Waals surface area (Å²) in [6, 6.07) is 7.48. The molecule has 2 N–H and O–H groups in total. The number of hydrogen-bond acceptors (Lipinski definition) is 3. The minimum atomic E-state index is -0.877. The Labute approximate surface area is 108 Å². The van der Waals surface area contributed by atoms with Gasteiger partial charge in [0.2, 0.25) is 0 Å². The maximum atomic E-state index is 10.7. The number of carboxylic acid groups (broad SMARTS) is 1. The first-order valence-electron chi connectivity index (χ1n) is 6.51. The number of carboxylic acids is 1. The van der Waals surface area contributed by atoms with E-state index in [4.69, 9.17) is 5.11 Å². The second-order valence-corrected chi connectivity index (χ2v) is 4.74. The second-order valence-electron chi connectivity index (χ2n) is 4.74. The van der Waals surface area contributed by atoms with Gasteiger partial charge in [-0.05, 0) is 43.7 Å². The molecule has 1 aliphatic heterocycles. The zero-order valence-corrected chi connectivity index (χ0v) is 10.7. The van der Waals surface area contributed by atoms with E-state index in [0.29, 0.717) is 11.6 Å². The molecule has 4 heteroatoms. The van der Waals surface area contributed by atoms with E-state index < -0.39 is 5.97 Å². The van der Waals surface area contributed by atoms with Gasteiger partial charge in [-0.15, -0.1) is 0 Å². The summed E-state index contributed by atoms with van der Waals surface area (Å²) in [5, 5.41) is 12.3. The van der Waals surface area contributed by atoms with Crippen LogP contribution in [-0.4, -0.2) is 41.7 Å². The Hall–Kier alpha value is -1.55. The zero-order valence-electron chi connectivity index (χ0n) is 10.7. The van der Waals surface area contributed by atoms with Gasteiger partial charge in [-0.1, -0.05) is 6.92 Å². The lowest BCUT2D eigenvalue weighted by molar-refractivity contribution is 0.0697. The van der Waals surface area contributed by atoms with Crippen molar-refractivity contribution < 1.29 is 9.90 Å². The van der Waals surface area contributed by atoms with E-state index in [1.54, 1.807) is 12.1 Å². The Morgan fingerprint density at radius 3 is 2.44 bits per heavy atom. The molecule has 0 bridgehead atoms. The molecule has 0 radical (unpaired) electrons. The van der Waals surface area contributed by atoms with Gasteiger partial charge in [0.15, 0.2) is 0 Å². The third-order valence-corrected chi connectivity index (χ3v) is 3.54. The number of piperidine rings is 1. The molecule has 0 spiro atoms. The Morgan fingerprint density at radius 1 is 1.33 bits per heavy atom. The molecule has 1 aliphatic rings. The van der Waals surface area contributed by atoms with Gasteiger partial charge in [0, 0.05) is 24.8 Å². The summed E-state index contributed by atoms with van der Waals surface area (Å²) in [5.41, 5.74) is 1.34. The smallest absolute Gasteiger partial charge is 0.335 e. The molecule has 1 aromatic carbocycles. The van der Waals surface area contributed by atoms with Crippen molar-refractivity contribution in [3.8, 4) is 0 Å². The number of aromatic carboxylic acids is 1. The molecule has 0 unspecified atom stereocenters. The third-order valence-electron chi connectivity index (χ3n) is 3.54. The van der Waals surface area contributed by atoms with Crippen LogP contribution >= 0.6 is 0 Å². The number of benzene rings is 1. The van der Waals surface area contributed by atoms with Crippen molar-refractivity contribution in [3.63, 3.8) is 0 Å². The van der Waals surface area contributed by atoms with E-state index in [1.165, 1.54) is 0 Å². The van der Waals surface area contributed by atoms with Crippen LogP contribution in [0.25, 0.3) is 0 Å². The van der Waals surface area contributed by atoms with E-state index in [-0.39, 0.29) is 0 Å². The topological polar surface area (TPSA) is 52.6 Å². The van der Waals surface area contributed by atoms with Gasteiger partial charge in [-0.3, -0.25) is 0 Å². The summed E-state index contributed by atoms with van der Waals surface area (Å²) < 4.78 is 0. The highest BCUT2D eigenvalue weighted by atomic mass is 16.4. The first kappa shape index (κ1) is 12.9. The number of rotatable bonds is 4. The van der Waals surface area contributed by atoms with Crippen LogP contribution in [-0.2, 0) is 0 Å². The highest BCUT2D eigenvalue weighted by molar-refractivity contribution is 5.87. The third kappa shape index (κ3) is 3.23. The maximum absolute atomic E-state index is 10.7. The monoisotopic (exact) mass is 248 g/mol. The fraction of sp³-hybridized carbons (Fsp3) is 0.500. The molecular weight excluding hydrogens is 228 g/mol. The van der Waals surface area contributed by atoms with Crippen LogP contribution in [0.2, 0.25) is 0 Å². The van der Waals surface area contributed by atoms with Gasteiger partial charge >= 0.3 is 5.97 Å². The highest BCUT2D eigenvalue weighted by Crippen LogP contribution is 2.17. The van der Waals surface area contributed by atoms with Gasteiger partial charge in [0.05, 0.1) is 5.56 Å². The molecule has 0 saturated carbocycles. The molecule has 1 fully saturated rings. The molecule has 18 heavy (non-hydrogen) atoms. The predicted molar refractivity (Wildman–Crippen MR) is 72.2 cm³/mol. The normalized spacial score (nSPS) is 17.6. The van der Waals surface area contributed by atoms with Crippen LogP contribution in [0.15, 0.2) is 24.3 Å². The van der Waals surface area contributed by atoms with E-state index >= 15 is 0 Å². The molecule has 98 valence electrons. The molecule has 0 atom stereocenters. The number of nitrogens with one attached hydrogen (secondary N) is 1. The van der Waals surface area contributed by atoms with Gasteiger partial charge in [-0.2, -0.15) is 0 Å².